The molecular formula is C23H26F3N3O5S. The van der Waals surface area contributed by atoms with Crippen LogP contribution in [0.15, 0.2) is 42.5 Å². The molecule has 4 aliphatic rings. The van der Waals surface area contributed by atoms with Gasteiger partial charge in [0, 0.05) is 35.7 Å². The summed E-state index contributed by atoms with van der Waals surface area (Å²) in [6.07, 6.45) is 3.45. The molecule has 2 saturated heterocycles. The molecule has 0 aromatic heterocycles. The van der Waals surface area contributed by atoms with E-state index in [1.54, 1.807) is 0 Å². The summed E-state index contributed by atoms with van der Waals surface area (Å²) < 4.78 is 79.3. The van der Waals surface area contributed by atoms with Gasteiger partial charge < -0.3 is 14.8 Å². The van der Waals surface area contributed by atoms with Crippen molar-refractivity contribution in [2.75, 3.05) is 25.0 Å². The third-order valence-corrected chi connectivity index (χ3v) is 8.44. The Morgan fingerprint density at radius 2 is 2.03 bits per heavy atom. The van der Waals surface area contributed by atoms with Gasteiger partial charge in [0.25, 0.3) is 0 Å². The standard InChI is InChI=1S/C23H26F3N3O5S/c24-23(25,26)15-6-9-19-18(12-15)21-17(20(28-19)14-4-2-1-3-5-14)8-7-16(34-21)13-27-35(31,32)29-10-11-33-22(29)30/h1-4,6,9,12,14,16-17,20-21,27-28H,5,7-8,10-11,13H2/t14?,16-,17+,20+,21+/m1/s1. The molecule has 3 heterocycles. The number of hydrogen-bond acceptors (Lipinski definition) is 6. The van der Waals surface area contributed by atoms with Gasteiger partial charge in [-0.2, -0.15) is 30.6 Å². The number of ether oxygens (including phenoxy) is 2. The lowest BCUT2D eigenvalue weighted by atomic mass is 9.73. The summed E-state index contributed by atoms with van der Waals surface area (Å²) in [7, 11) is -4.10. The highest BCUT2D eigenvalue weighted by Gasteiger charge is 2.45. The summed E-state index contributed by atoms with van der Waals surface area (Å²) in [5.41, 5.74) is 0.259. The SMILES string of the molecule is O=C1OCCN1S(=O)(=O)NC[C@H]1CC[C@@H]2[C@H](O1)c1cc(C(F)(F)F)ccc1N[C@H]2C1C=CC=CC1. The average molecular weight is 514 g/mol. The zero-order chi connectivity index (χ0) is 24.8. The monoisotopic (exact) mass is 513 g/mol. The number of cyclic esters (lactones) is 1. The highest BCUT2D eigenvalue weighted by atomic mass is 32.2. The maximum absolute atomic E-state index is 13.5. The first kappa shape index (κ1) is 24.1. The first-order valence-corrected chi connectivity index (χ1v) is 13.0. The van der Waals surface area contributed by atoms with Crippen molar-refractivity contribution in [3.05, 3.63) is 53.6 Å². The molecular weight excluding hydrogens is 487 g/mol. The van der Waals surface area contributed by atoms with E-state index in [0.29, 0.717) is 28.4 Å². The van der Waals surface area contributed by atoms with Gasteiger partial charge in [0.1, 0.15) is 6.61 Å². The van der Waals surface area contributed by atoms with E-state index in [2.05, 4.69) is 26.9 Å². The second kappa shape index (κ2) is 9.14. The fourth-order valence-electron chi connectivity index (χ4n) is 5.28. The first-order chi connectivity index (χ1) is 16.6. The predicted octanol–water partition coefficient (Wildman–Crippen LogP) is 3.75. The van der Waals surface area contributed by atoms with Crippen LogP contribution in [0.4, 0.5) is 23.7 Å². The van der Waals surface area contributed by atoms with Crippen molar-refractivity contribution in [1.82, 2.24) is 9.03 Å². The topological polar surface area (TPSA) is 97.0 Å². The molecule has 35 heavy (non-hydrogen) atoms. The lowest BCUT2D eigenvalue weighted by molar-refractivity contribution is -0.138. The van der Waals surface area contributed by atoms with Crippen LogP contribution >= 0.6 is 0 Å². The number of nitrogens with one attached hydrogen (secondary N) is 2. The molecule has 1 aromatic carbocycles. The molecule has 8 nitrogen and oxygen atoms in total. The third kappa shape index (κ3) is 4.78. The molecule has 2 N–H and O–H groups in total. The fraction of sp³-hybridized carbons (Fsp3) is 0.522. The van der Waals surface area contributed by atoms with Crippen LogP contribution in [0.2, 0.25) is 0 Å². The van der Waals surface area contributed by atoms with Crippen LogP contribution in [-0.4, -0.2) is 50.7 Å². The average Bonchev–Trinajstić information content (AvgIpc) is 3.29. The van der Waals surface area contributed by atoms with E-state index in [9.17, 15) is 26.4 Å². The second-order valence-corrected chi connectivity index (χ2v) is 10.8. The Bertz CT molecular complexity index is 1150. The van der Waals surface area contributed by atoms with Crippen LogP contribution in [0.25, 0.3) is 0 Å². The summed E-state index contributed by atoms with van der Waals surface area (Å²) in [6.45, 7) is -0.191. The molecule has 1 aromatic rings. The van der Waals surface area contributed by atoms with Gasteiger partial charge in [-0.05, 0) is 37.5 Å². The second-order valence-electron chi connectivity index (χ2n) is 9.14. The summed E-state index contributed by atoms with van der Waals surface area (Å²) in [5, 5.41) is 3.46. The van der Waals surface area contributed by atoms with Crippen molar-refractivity contribution in [3.63, 3.8) is 0 Å². The lowest BCUT2D eigenvalue weighted by Gasteiger charge is -2.47. The minimum absolute atomic E-state index is 0.0130. The van der Waals surface area contributed by atoms with Crippen molar-refractivity contribution in [1.29, 1.82) is 0 Å². The minimum Gasteiger partial charge on any atom is -0.447 e. The van der Waals surface area contributed by atoms with E-state index >= 15 is 0 Å². The number of alkyl halides is 3. The third-order valence-electron chi connectivity index (χ3n) is 7.00. The number of benzene rings is 1. The van der Waals surface area contributed by atoms with Crippen molar-refractivity contribution in [3.8, 4) is 0 Å². The normalized spacial score (nSPS) is 30.4. The van der Waals surface area contributed by atoms with Crippen LogP contribution < -0.4 is 10.0 Å². The van der Waals surface area contributed by atoms with E-state index < -0.39 is 40.3 Å². The number of fused-ring (bicyclic) bond motifs is 3. The van der Waals surface area contributed by atoms with E-state index in [4.69, 9.17) is 4.74 Å². The number of allylic oxidation sites excluding steroid dienone is 3. The molecule has 190 valence electrons. The molecule has 1 unspecified atom stereocenters. The predicted molar refractivity (Wildman–Crippen MR) is 121 cm³/mol. The number of nitrogens with zero attached hydrogens (tertiary/aromatic N) is 1. The van der Waals surface area contributed by atoms with E-state index in [0.717, 1.165) is 18.6 Å². The number of halogens is 3. The van der Waals surface area contributed by atoms with Gasteiger partial charge >= 0.3 is 22.5 Å². The van der Waals surface area contributed by atoms with Crippen LogP contribution in [0.1, 0.15) is 36.5 Å². The maximum atomic E-state index is 13.5. The molecule has 0 spiro atoms. The molecule has 5 atom stereocenters. The van der Waals surface area contributed by atoms with Crippen LogP contribution in [0.5, 0.6) is 0 Å². The van der Waals surface area contributed by atoms with Crippen molar-refractivity contribution in [2.45, 2.75) is 43.7 Å². The molecule has 0 radical (unpaired) electrons. The number of carbonyl (C=O) groups excluding carboxylic acids is 1. The van der Waals surface area contributed by atoms with Gasteiger partial charge in [-0.3, -0.25) is 0 Å². The number of rotatable bonds is 5. The van der Waals surface area contributed by atoms with Crippen molar-refractivity contribution < 1.29 is 35.9 Å². The largest absolute Gasteiger partial charge is 0.447 e. The summed E-state index contributed by atoms with van der Waals surface area (Å²) in [6, 6.07) is 3.59. The van der Waals surface area contributed by atoms with Gasteiger partial charge in [-0.1, -0.05) is 24.3 Å². The zero-order valence-electron chi connectivity index (χ0n) is 18.7. The highest BCUT2D eigenvalue weighted by Crippen LogP contribution is 2.49. The minimum atomic E-state index is -4.49. The Balaban J connectivity index is 1.38. The summed E-state index contributed by atoms with van der Waals surface area (Å²) >= 11 is 0. The van der Waals surface area contributed by atoms with Gasteiger partial charge in [-0.15, -0.1) is 0 Å². The maximum Gasteiger partial charge on any atom is 0.424 e. The van der Waals surface area contributed by atoms with Crippen molar-refractivity contribution in [2.24, 2.45) is 11.8 Å². The van der Waals surface area contributed by atoms with E-state index in [1.165, 1.54) is 6.07 Å². The van der Waals surface area contributed by atoms with Crippen LogP contribution in [0, 0.1) is 11.8 Å². The molecule has 3 aliphatic heterocycles. The number of amides is 1. The quantitative estimate of drug-likeness (QED) is 0.623. The van der Waals surface area contributed by atoms with Gasteiger partial charge in [0.15, 0.2) is 0 Å². The Morgan fingerprint density at radius 1 is 1.20 bits per heavy atom. The van der Waals surface area contributed by atoms with Gasteiger partial charge in [0.05, 0.1) is 24.3 Å². The van der Waals surface area contributed by atoms with E-state index in [1.807, 2.05) is 12.2 Å². The zero-order valence-corrected chi connectivity index (χ0v) is 19.5. The molecule has 1 amide bonds. The van der Waals surface area contributed by atoms with Crippen molar-refractivity contribution >= 4 is 22.0 Å². The molecule has 0 bridgehead atoms. The fourth-order valence-corrected chi connectivity index (χ4v) is 6.40. The van der Waals surface area contributed by atoms with Gasteiger partial charge in [-0.25, -0.2) is 4.79 Å². The summed E-state index contributed by atoms with van der Waals surface area (Å²) in [5.74, 6) is 0.0660. The smallest absolute Gasteiger partial charge is 0.424 e. The Hall–Kier alpha value is -2.57. The number of hydrogen-bond donors (Lipinski definition) is 2. The molecule has 2 fully saturated rings. The molecule has 0 saturated carbocycles. The first-order valence-electron chi connectivity index (χ1n) is 11.5. The Labute approximate surface area is 201 Å². The number of carbonyl (C=O) groups is 1. The summed E-state index contributed by atoms with van der Waals surface area (Å²) in [4.78, 5) is 11.6. The number of anilines is 1. The molecule has 5 rings (SSSR count). The van der Waals surface area contributed by atoms with E-state index in [-0.39, 0.29) is 37.6 Å². The molecule has 1 aliphatic carbocycles. The van der Waals surface area contributed by atoms with Crippen LogP contribution in [0.3, 0.4) is 0 Å². The van der Waals surface area contributed by atoms with Crippen LogP contribution in [-0.2, 0) is 25.9 Å². The highest BCUT2D eigenvalue weighted by molar-refractivity contribution is 7.87. The molecule has 12 heteroatoms. The Kier molecular flexibility index (Phi) is 6.30. The lowest BCUT2D eigenvalue weighted by Crippen LogP contribution is -2.49. The van der Waals surface area contributed by atoms with Gasteiger partial charge in [0.2, 0.25) is 0 Å². The Morgan fingerprint density at radius 3 is 2.71 bits per heavy atom.